The van der Waals surface area contributed by atoms with Crippen molar-refractivity contribution >= 4 is 11.9 Å². The van der Waals surface area contributed by atoms with E-state index in [0.717, 1.165) is 0 Å². The second-order valence-electron chi connectivity index (χ2n) is 7.46. The number of halogens is 1. The Morgan fingerprint density at radius 3 is 2.22 bits per heavy atom. The number of hydrogen-bond donors (Lipinski definition) is 3. The van der Waals surface area contributed by atoms with Crippen molar-refractivity contribution < 1.29 is 24.2 Å². The largest absolute Gasteiger partial charge is 0.481 e. The van der Waals surface area contributed by atoms with E-state index in [-0.39, 0.29) is 12.0 Å². The number of carboxylic acid groups (broad SMARTS) is 2. The molecule has 1 aliphatic heterocycles. The van der Waals surface area contributed by atoms with E-state index >= 15 is 0 Å². The highest BCUT2D eigenvalue weighted by Crippen LogP contribution is 2.53. The summed E-state index contributed by atoms with van der Waals surface area (Å²) in [6, 6.07) is 4.93. The number of nitrogens with one attached hydrogen (secondary N) is 1. The molecule has 2 rings (SSSR count). The maximum Gasteiger partial charge on any atom is 0.324 e. The second-order valence-corrected chi connectivity index (χ2v) is 7.46. The molecule has 126 valence electrons. The summed E-state index contributed by atoms with van der Waals surface area (Å²) in [6.45, 7) is 6.68. The molecule has 0 aromatic heterocycles. The predicted octanol–water partition coefficient (Wildman–Crippen LogP) is 2.82. The quantitative estimate of drug-likeness (QED) is 0.796. The van der Waals surface area contributed by atoms with Gasteiger partial charge in [0.15, 0.2) is 0 Å². The molecule has 0 bridgehead atoms. The second kappa shape index (κ2) is 5.30. The summed E-state index contributed by atoms with van der Waals surface area (Å²) >= 11 is 0. The Morgan fingerprint density at radius 1 is 1.22 bits per heavy atom. The number of benzene rings is 1. The fourth-order valence-corrected chi connectivity index (χ4v) is 3.38. The summed E-state index contributed by atoms with van der Waals surface area (Å²) in [4.78, 5) is 23.9. The van der Waals surface area contributed by atoms with E-state index in [0.29, 0.717) is 0 Å². The number of carboxylic acids is 2. The summed E-state index contributed by atoms with van der Waals surface area (Å²) in [6.07, 6.45) is -0.132. The molecule has 1 heterocycles. The third-order valence-electron chi connectivity index (χ3n) is 5.01. The summed E-state index contributed by atoms with van der Waals surface area (Å²) < 4.78 is 14.2. The van der Waals surface area contributed by atoms with Gasteiger partial charge in [-0.2, -0.15) is 0 Å². The van der Waals surface area contributed by atoms with Gasteiger partial charge in [-0.1, -0.05) is 39.0 Å². The van der Waals surface area contributed by atoms with Crippen molar-refractivity contribution in [2.75, 3.05) is 0 Å². The van der Waals surface area contributed by atoms with E-state index in [1.54, 1.807) is 26.8 Å². The minimum atomic E-state index is -1.47. The van der Waals surface area contributed by atoms with Gasteiger partial charge in [-0.15, -0.1) is 0 Å². The van der Waals surface area contributed by atoms with Crippen LogP contribution in [-0.4, -0.2) is 27.7 Å². The molecule has 1 aromatic carbocycles. The number of hydrogen-bond acceptors (Lipinski definition) is 3. The van der Waals surface area contributed by atoms with Crippen molar-refractivity contribution in [2.45, 2.75) is 45.7 Å². The summed E-state index contributed by atoms with van der Waals surface area (Å²) in [7, 11) is 0. The van der Waals surface area contributed by atoms with Gasteiger partial charge in [0.2, 0.25) is 0 Å². The molecule has 0 radical (unpaired) electrons. The first-order valence-corrected chi connectivity index (χ1v) is 7.44. The van der Waals surface area contributed by atoms with Gasteiger partial charge < -0.3 is 10.2 Å². The van der Waals surface area contributed by atoms with Crippen LogP contribution in [0.3, 0.4) is 0 Å². The van der Waals surface area contributed by atoms with E-state index in [1.165, 1.54) is 25.1 Å². The average molecular weight is 323 g/mol. The number of rotatable bonds is 3. The van der Waals surface area contributed by atoms with E-state index in [1.807, 2.05) is 0 Å². The predicted molar refractivity (Wildman–Crippen MR) is 82.5 cm³/mol. The molecule has 23 heavy (non-hydrogen) atoms. The first-order chi connectivity index (χ1) is 10.5. The van der Waals surface area contributed by atoms with Crippen molar-refractivity contribution in [1.29, 1.82) is 0 Å². The first kappa shape index (κ1) is 17.4. The summed E-state index contributed by atoms with van der Waals surface area (Å²) in [5.41, 5.74) is -3.49. The smallest absolute Gasteiger partial charge is 0.324 e. The first-order valence-electron chi connectivity index (χ1n) is 7.44. The molecule has 0 unspecified atom stereocenters. The third kappa shape index (κ3) is 2.51. The van der Waals surface area contributed by atoms with Crippen LogP contribution in [0.4, 0.5) is 4.39 Å². The molecule has 3 N–H and O–H groups in total. The molecule has 5 nitrogen and oxygen atoms in total. The van der Waals surface area contributed by atoms with Crippen LogP contribution in [0.25, 0.3) is 0 Å². The molecule has 0 saturated carbocycles. The zero-order valence-electron chi connectivity index (χ0n) is 13.7. The van der Waals surface area contributed by atoms with Crippen LogP contribution in [-0.2, 0) is 9.59 Å². The van der Waals surface area contributed by atoms with Gasteiger partial charge >= 0.3 is 11.9 Å². The molecule has 0 spiro atoms. The maximum atomic E-state index is 14.2. The summed E-state index contributed by atoms with van der Waals surface area (Å²) in [5.74, 6) is -2.82. The molecule has 0 amide bonds. The lowest BCUT2D eigenvalue weighted by molar-refractivity contribution is -0.151. The van der Waals surface area contributed by atoms with Crippen LogP contribution in [0.5, 0.6) is 0 Å². The van der Waals surface area contributed by atoms with Crippen LogP contribution in [0.15, 0.2) is 24.3 Å². The molecule has 6 heteroatoms. The van der Waals surface area contributed by atoms with E-state index in [2.05, 4.69) is 5.32 Å². The lowest BCUT2D eigenvalue weighted by Gasteiger charge is -2.38. The fourth-order valence-electron chi connectivity index (χ4n) is 3.38. The minimum absolute atomic E-state index is 0.132. The van der Waals surface area contributed by atoms with Gasteiger partial charge in [-0.3, -0.25) is 14.9 Å². The number of aliphatic carboxylic acids is 2. The zero-order chi connectivity index (χ0) is 17.6. The molecular weight excluding hydrogens is 301 g/mol. The monoisotopic (exact) mass is 323 g/mol. The zero-order valence-corrected chi connectivity index (χ0v) is 13.7. The van der Waals surface area contributed by atoms with Gasteiger partial charge in [-0.25, -0.2) is 4.39 Å². The molecular formula is C17H22FNO4. The molecule has 1 fully saturated rings. The maximum absolute atomic E-state index is 14.2. The SMILES string of the molecule is CC(C)(C)[C@]1(C(=O)O)C[C@@](C)(C(=O)O)[C@@H](c2ccccc2F)N1. The Balaban J connectivity index is 2.65. The van der Waals surface area contributed by atoms with Crippen molar-refractivity contribution in [3.8, 4) is 0 Å². The van der Waals surface area contributed by atoms with Gasteiger partial charge in [0.05, 0.1) is 11.5 Å². The molecule has 1 aliphatic rings. The van der Waals surface area contributed by atoms with Gasteiger partial charge in [0.25, 0.3) is 0 Å². The summed E-state index contributed by atoms with van der Waals surface area (Å²) in [5, 5.41) is 22.5. The molecule has 1 saturated heterocycles. The Kier molecular flexibility index (Phi) is 4.01. The van der Waals surface area contributed by atoms with Crippen molar-refractivity contribution in [3.63, 3.8) is 0 Å². The van der Waals surface area contributed by atoms with Crippen LogP contribution in [0.2, 0.25) is 0 Å². The van der Waals surface area contributed by atoms with Crippen molar-refractivity contribution in [2.24, 2.45) is 10.8 Å². The Labute approximate surface area is 134 Å². The highest BCUT2D eigenvalue weighted by Gasteiger charge is 2.64. The normalized spacial score (nSPS) is 31.1. The third-order valence-corrected chi connectivity index (χ3v) is 5.01. The van der Waals surface area contributed by atoms with Gasteiger partial charge in [0.1, 0.15) is 11.4 Å². The molecule has 1 aromatic rings. The Hall–Kier alpha value is -1.95. The highest BCUT2D eigenvalue weighted by atomic mass is 19.1. The molecule has 3 atom stereocenters. The molecule has 0 aliphatic carbocycles. The van der Waals surface area contributed by atoms with Gasteiger partial charge in [-0.05, 0) is 24.8 Å². The lowest BCUT2D eigenvalue weighted by atomic mass is 9.67. The Morgan fingerprint density at radius 2 is 1.78 bits per heavy atom. The van der Waals surface area contributed by atoms with Crippen molar-refractivity contribution in [3.05, 3.63) is 35.6 Å². The van der Waals surface area contributed by atoms with E-state index in [4.69, 9.17) is 0 Å². The van der Waals surface area contributed by atoms with Crippen molar-refractivity contribution in [1.82, 2.24) is 5.32 Å². The Bertz CT molecular complexity index is 654. The minimum Gasteiger partial charge on any atom is -0.481 e. The topological polar surface area (TPSA) is 86.6 Å². The lowest BCUT2D eigenvalue weighted by Crippen LogP contribution is -2.57. The fraction of sp³-hybridized carbons (Fsp3) is 0.529. The van der Waals surface area contributed by atoms with E-state index < -0.39 is 40.2 Å². The van der Waals surface area contributed by atoms with Crippen LogP contribution >= 0.6 is 0 Å². The highest BCUT2D eigenvalue weighted by molar-refractivity contribution is 5.85. The number of carbonyl (C=O) groups is 2. The van der Waals surface area contributed by atoms with Gasteiger partial charge in [0, 0.05) is 5.56 Å². The van der Waals surface area contributed by atoms with Crippen LogP contribution in [0.1, 0.15) is 45.7 Å². The average Bonchev–Trinajstić information content (AvgIpc) is 2.75. The van der Waals surface area contributed by atoms with E-state index in [9.17, 15) is 24.2 Å². The standard InChI is InChI=1S/C17H22FNO4/c1-15(2,3)17(14(22)23)9-16(4,13(20)21)12(19-17)10-7-5-6-8-11(10)18/h5-8,12,19H,9H2,1-4H3,(H,20,21)(H,22,23)/t12-,16-,17-/m1/s1. The van der Waals surface area contributed by atoms with Crippen LogP contribution < -0.4 is 5.32 Å². The van der Waals surface area contributed by atoms with Crippen LogP contribution in [0, 0.1) is 16.6 Å².